The minimum absolute atomic E-state index is 0.567. The molecule has 0 spiro atoms. The summed E-state index contributed by atoms with van der Waals surface area (Å²) in [5.41, 5.74) is 2.38. The first-order valence-electron chi connectivity index (χ1n) is 7.11. The minimum Gasteiger partial charge on any atom is -0.372 e. The Kier molecular flexibility index (Phi) is 6.80. The molecule has 0 aliphatic carbocycles. The Hall–Kier alpha value is -0.970. The zero-order valence-corrected chi connectivity index (χ0v) is 15.3. The third-order valence-corrected chi connectivity index (χ3v) is 5.02. The van der Waals surface area contributed by atoms with Crippen LogP contribution in [0, 0.1) is 0 Å². The summed E-state index contributed by atoms with van der Waals surface area (Å²) in [6.45, 7) is 1.85. The molecule has 5 heteroatoms. The first-order chi connectivity index (χ1) is 10.6. The number of anilines is 2. The van der Waals surface area contributed by atoms with Crippen LogP contribution in [-0.2, 0) is 0 Å². The number of hydrogen-bond acceptors (Lipinski definition) is 4. The average molecular weight is 353 g/mol. The molecule has 0 unspecified atom stereocenters. The Morgan fingerprint density at radius 3 is 2.09 bits per heavy atom. The maximum atomic E-state index is 5.87. The van der Waals surface area contributed by atoms with Gasteiger partial charge in [0.2, 0.25) is 0 Å². The molecule has 0 saturated carbocycles. The van der Waals surface area contributed by atoms with Crippen molar-refractivity contribution in [3.63, 3.8) is 0 Å². The van der Waals surface area contributed by atoms with Crippen LogP contribution in [0.4, 0.5) is 11.4 Å². The molecular weight excluding hydrogens is 332 g/mol. The third kappa shape index (κ3) is 4.51. The van der Waals surface area contributed by atoms with Crippen LogP contribution in [0.3, 0.4) is 0 Å². The van der Waals surface area contributed by atoms with Crippen LogP contribution >= 0.6 is 36.0 Å². The SMILES string of the molecule is CN(CCN(C)c1ccccc1SCCl)c1ccccc1S. The second-order valence-corrected chi connectivity index (χ2v) is 7.14. The fourth-order valence-electron chi connectivity index (χ4n) is 2.28. The van der Waals surface area contributed by atoms with E-state index in [1.807, 2.05) is 18.2 Å². The van der Waals surface area contributed by atoms with Gasteiger partial charge in [-0.1, -0.05) is 24.3 Å². The zero-order valence-electron chi connectivity index (χ0n) is 12.9. The predicted octanol–water partition coefficient (Wildman–Crippen LogP) is 4.84. The standard InChI is InChI=1S/C17H21ClN2S2/c1-19(14-7-3-5-9-16(14)21)11-12-20(2)15-8-4-6-10-17(15)22-13-18/h3-10,21H,11-13H2,1-2H3. The monoisotopic (exact) mass is 352 g/mol. The Morgan fingerprint density at radius 1 is 0.909 bits per heavy atom. The summed E-state index contributed by atoms with van der Waals surface area (Å²) in [6.07, 6.45) is 0. The van der Waals surface area contributed by atoms with E-state index in [9.17, 15) is 0 Å². The summed E-state index contributed by atoms with van der Waals surface area (Å²) in [5, 5.41) is 0.567. The fourth-order valence-corrected chi connectivity index (χ4v) is 3.63. The van der Waals surface area contributed by atoms with Gasteiger partial charge in [0.05, 0.1) is 10.9 Å². The highest BCUT2D eigenvalue weighted by Gasteiger charge is 2.09. The predicted molar refractivity (Wildman–Crippen MR) is 103 cm³/mol. The summed E-state index contributed by atoms with van der Waals surface area (Å²) in [6, 6.07) is 16.5. The van der Waals surface area contributed by atoms with Crippen molar-refractivity contribution in [1.29, 1.82) is 0 Å². The molecule has 0 fully saturated rings. The van der Waals surface area contributed by atoms with E-state index in [2.05, 4.69) is 66.9 Å². The second-order valence-electron chi connectivity index (χ2n) is 5.05. The van der Waals surface area contributed by atoms with Gasteiger partial charge in [-0.05, 0) is 24.3 Å². The van der Waals surface area contributed by atoms with E-state index in [0.717, 1.165) is 23.7 Å². The van der Waals surface area contributed by atoms with Crippen LogP contribution in [0.5, 0.6) is 0 Å². The molecule has 2 rings (SSSR count). The molecule has 0 aliphatic rings. The van der Waals surface area contributed by atoms with E-state index >= 15 is 0 Å². The Bertz CT molecular complexity index is 607. The van der Waals surface area contributed by atoms with Gasteiger partial charge in [0.1, 0.15) is 0 Å². The molecule has 0 atom stereocenters. The van der Waals surface area contributed by atoms with Crippen LogP contribution in [0.2, 0.25) is 0 Å². The lowest BCUT2D eigenvalue weighted by Gasteiger charge is -2.27. The number of alkyl halides is 1. The molecule has 0 N–H and O–H groups in total. The number of para-hydroxylation sites is 2. The molecule has 118 valence electrons. The average Bonchev–Trinajstić information content (AvgIpc) is 2.53. The molecule has 0 aromatic heterocycles. The lowest BCUT2D eigenvalue weighted by Crippen LogP contribution is -2.31. The Labute approximate surface area is 147 Å². The number of benzene rings is 2. The van der Waals surface area contributed by atoms with Crippen molar-refractivity contribution in [3.8, 4) is 0 Å². The number of thioether (sulfide) groups is 1. The number of hydrogen-bond donors (Lipinski definition) is 1. The number of nitrogens with zero attached hydrogens (tertiary/aromatic N) is 2. The van der Waals surface area contributed by atoms with Gasteiger partial charge < -0.3 is 9.80 Å². The van der Waals surface area contributed by atoms with Crippen molar-refractivity contribution in [2.45, 2.75) is 9.79 Å². The van der Waals surface area contributed by atoms with E-state index in [1.54, 1.807) is 11.8 Å². The van der Waals surface area contributed by atoms with Gasteiger partial charge in [-0.3, -0.25) is 0 Å². The maximum Gasteiger partial charge on any atom is 0.0728 e. The molecule has 0 heterocycles. The van der Waals surface area contributed by atoms with E-state index < -0.39 is 0 Å². The smallest absolute Gasteiger partial charge is 0.0728 e. The van der Waals surface area contributed by atoms with Gasteiger partial charge in [0.25, 0.3) is 0 Å². The maximum absolute atomic E-state index is 5.87. The molecule has 2 aromatic carbocycles. The van der Waals surface area contributed by atoms with Crippen molar-refractivity contribution in [2.75, 3.05) is 42.2 Å². The normalized spacial score (nSPS) is 10.5. The highest BCUT2D eigenvalue weighted by molar-refractivity contribution is 8.00. The molecule has 2 aromatic rings. The van der Waals surface area contributed by atoms with Crippen LogP contribution in [-0.4, -0.2) is 32.4 Å². The van der Waals surface area contributed by atoms with Gasteiger partial charge in [-0.2, -0.15) is 0 Å². The number of likely N-dealkylation sites (N-methyl/N-ethyl adjacent to an activating group) is 2. The fraction of sp³-hybridized carbons (Fsp3) is 0.294. The van der Waals surface area contributed by atoms with Crippen molar-refractivity contribution in [2.24, 2.45) is 0 Å². The summed E-state index contributed by atoms with van der Waals surface area (Å²) in [4.78, 5) is 6.73. The molecule has 0 bridgehead atoms. The third-order valence-electron chi connectivity index (χ3n) is 3.55. The van der Waals surface area contributed by atoms with Gasteiger partial charge in [0, 0.05) is 42.7 Å². The summed E-state index contributed by atoms with van der Waals surface area (Å²) in [7, 11) is 4.22. The van der Waals surface area contributed by atoms with E-state index in [1.165, 1.54) is 10.6 Å². The van der Waals surface area contributed by atoms with Crippen molar-refractivity contribution >= 4 is 47.4 Å². The molecule has 0 amide bonds. The summed E-state index contributed by atoms with van der Waals surface area (Å²) in [5.74, 6) is 0. The van der Waals surface area contributed by atoms with Gasteiger partial charge in [-0.25, -0.2) is 0 Å². The number of halogens is 1. The van der Waals surface area contributed by atoms with Gasteiger partial charge >= 0.3 is 0 Å². The molecule has 0 saturated heterocycles. The quantitative estimate of drug-likeness (QED) is 0.433. The van der Waals surface area contributed by atoms with E-state index in [0.29, 0.717) is 5.21 Å². The summed E-state index contributed by atoms with van der Waals surface area (Å²) >= 11 is 12.0. The Morgan fingerprint density at radius 2 is 1.45 bits per heavy atom. The number of rotatable bonds is 7. The highest BCUT2D eigenvalue weighted by Crippen LogP contribution is 2.30. The van der Waals surface area contributed by atoms with Crippen LogP contribution in [0.1, 0.15) is 0 Å². The highest BCUT2D eigenvalue weighted by atomic mass is 35.5. The Balaban J connectivity index is 2.01. The lowest BCUT2D eigenvalue weighted by molar-refractivity contribution is 0.822. The molecular formula is C17H21ClN2S2. The molecule has 0 aliphatic heterocycles. The van der Waals surface area contributed by atoms with E-state index in [4.69, 9.17) is 11.6 Å². The van der Waals surface area contributed by atoms with Crippen LogP contribution in [0.25, 0.3) is 0 Å². The zero-order chi connectivity index (χ0) is 15.9. The lowest BCUT2D eigenvalue weighted by atomic mass is 10.2. The van der Waals surface area contributed by atoms with Crippen LogP contribution < -0.4 is 9.80 Å². The topological polar surface area (TPSA) is 6.48 Å². The van der Waals surface area contributed by atoms with E-state index in [-0.39, 0.29) is 0 Å². The van der Waals surface area contributed by atoms with Crippen LogP contribution in [0.15, 0.2) is 58.3 Å². The molecule has 22 heavy (non-hydrogen) atoms. The van der Waals surface area contributed by atoms with Crippen molar-refractivity contribution < 1.29 is 0 Å². The second kappa shape index (κ2) is 8.61. The first kappa shape index (κ1) is 17.4. The number of thiol groups is 1. The van der Waals surface area contributed by atoms with Crippen molar-refractivity contribution in [1.82, 2.24) is 0 Å². The minimum atomic E-state index is 0.567. The first-order valence-corrected chi connectivity index (χ1v) is 9.08. The molecule has 0 radical (unpaired) electrons. The van der Waals surface area contributed by atoms with Gasteiger partial charge in [-0.15, -0.1) is 36.0 Å². The summed E-state index contributed by atoms with van der Waals surface area (Å²) < 4.78 is 0. The largest absolute Gasteiger partial charge is 0.372 e. The molecule has 2 nitrogen and oxygen atoms in total. The van der Waals surface area contributed by atoms with Gasteiger partial charge in [0.15, 0.2) is 0 Å². The van der Waals surface area contributed by atoms with Crippen molar-refractivity contribution in [3.05, 3.63) is 48.5 Å².